The van der Waals surface area contributed by atoms with Crippen molar-refractivity contribution in [3.05, 3.63) is 136 Å². The largest absolute Gasteiger partial charge is 0.309 e. The van der Waals surface area contributed by atoms with Crippen molar-refractivity contribution in [2.45, 2.75) is 38.5 Å². The standard InChI is InChI=1S/C40H30BrN/c1-39(2)29-10-6-5-9-25(29)28-21-32-36(22-31(28)39)42(35-12-8-7-11-30(35)40(32,3)4)34-20-16-24-13-17-26-33(41)19-15-23-14-18-27(34)38(24)37(23)26/h5-22H,1-4H3. The first-order valence-electron chi connectivity index (χ1n) is 14.8. The quantitative estimate of drug-likeness (QED) is 0.169. The minimum Gasteiger partial charge on any atom is -0.309 e. The summed E-state index contributed by atoms with van der Waals surface area (Å²) in [5, 5.41) is 7.77. The molecule has 0 N–H and O–H groups in total. The topological polar surface area (TPSA) is 3.24 Å². The number of hydrogen-bond donors (Lipinski definition) is 0. The summed E-state index contributed by atoms with van der Waals surface area (Å²) >= 11 is 3.83. The molecule has 0 aromatic heterocycles. The molecule has 0 bridgehead atoms. The molecule has 1 heterocycles. The fraction of sp³-hybridized carbons (Fsp3) is 0.150. The van der Waals surface area contributed by atoms with Gasteiger partial charge < -0.3 is 4.90 Å². The number of para-hydroxylation sites is 1. The van der Waals surface area contributed by atoms with Crippen molar-refractivity contribution < 1.29 is 0 Å². The lowest BCUT2D eigenvalue weighted by Gasteiger charge is -2.43. The Morgan fingerprint density at radius 1 is 0.476 bits per heavy atom. The van der Waals surface area contributed by atoms with Gasteiger partial charge in [-0.1, -0.05) is 122 Å². The van der Waals surface area contributed by atoms with Crippen molar-refractivity contribution in [3.63, 3.8) is 0 Å². The van der Waals surface area contributed by atoms with Crippen LogP contribution in [0.4, 0.5) is 17.1 Å². The molecule has 0 unspecified atom stereocenters. The summed E-state index contributed by atoms with van der Waals surface area (Å²) in [7, 11) is 0. The highest BCUT2D eigenvalue weighted by Crippen LogP contribution is 2.58. The first-order chi connectivity index (χ1) is 20.3. The van der Waals surface area contributed by atoms with Crippen LogP contribution in [-0.4, -0.2) is 0 Å². The third-order valence-corrected chi connectivity index (χ3v) is 11.0. The van der Waals surface area contributed by atoms with Gasteiger partial charge in [-0.25, -0.2) is 0 Å². The Bertz CT molecular complexity index is 2270. The molecule has 7 aromatic carbocycles. The zero-order valence-electron chi connectivity index (χ0n) is 24.2. The van der Waals surface area contributed by atoms with Gasteiger partial charge in [0.05, 0.1) is 17.1 Å². The lowest BCUT2D eigenvalue weighted by Crippen LogP contribution is -2.31. The highest BCUT2D eigenvalue weighted by atomic mass is 79.9. The molecule has 2 heteroatoms. The number of rotatable bonds is 1. The van der Waals surface area contributed by atoms with Gasteiger partial charge in [-0.2, -0.15) is 0 Å². The summed E-state index contributed by atoms with van der Waals surface area (Å²) in [5.74, 6) is 0. The van der Waals surface area contributed by atoms with Crippen LogP contribution in [0.2, 0.25) is 0 Å². The minimum atomic E-state index is -0.145. The number of hydrogen-bond acceptors (Lipinski definition) is 1. The van der Waals surface area contributed by atoms with Crippen LogP contribution >= 0.6 is 15.9 Å². The van der Waals surface area contributed by atoms with E-state index in [2.05, 4.69) is 158 Å². The van der Waals surface area contributed by atoms with E-state index in [1.807, 2.05) is 0 Å². The van der Waals surface area contributed by atoms with Gasteiger partial charge in [0.2, 0.25) is 0 Å². The maximum atomic E-state index is 3.83. The number of nitrogens with zero attached hydrogens (tertiary/aromatic N) is 1. The number of halogens is 1. The van der Waals surface area contributed by atoms with Crippen LogP contribution in [0.25, 0.3) is 43.4 Å². The Morgan fingerprint density at radius 3 is 1.90 bits per heavy atom. The Balaban J connectivity index is 1.40. The first-order valence-corrected chi connectivity index (χ1v) is 15.6. The van der Waals surface area contributed by atoms with Crippen molar-refractivity contribution in [2.75, 3.05) is 4.90 Å². The van der Waals surface area contributed by atoms with Crippen molar-refractivity contribution in [1.82, 2.24) is 0 Å². The summed E-state index contributed by atoms with van der Waals surface area (Å²) in [6.45, 7) is 9.54. The smallest absolute Gasteiger partial charge is 0.0540 e. The van der Waals surface area contributed by atoms with Gasteiger partial charge in [-0.15, -0.1) is 0 Å². The zero-order chi connectivity index (χ0) is 28.5. The zero-order valence-corrected chi connectivity index (χ0v) is 25.8. The predicted molar refractivity (Wildman–Crippen MR) is 182 cm³/mol. The Morgan fingerprint density at radius 2 is 1.10 bits per heavy atom. The molecular weight excluding hydrogens is 574 g/mol. The minimum absolute atomic E-state index is 0.0668. The van der Waals surface area contributed by atoms with Gasteiger partial charge >= 0.3 is 0 Å². The number of anilines is 3. The average Bonchev–Trinajstić information content (AvgIpc) is 3.23. The fourth-order valence-corrected chi connectivity index (χ4v) is 8.56. The Kier molecular flexibility index (Phi) is 4.67. The van der Waals surface area contributed by atoms with Crippen LogP contribution in [-0.2, 0) is 10.8 Å². The van der Waals surface area contributed by atoms with Crippen molar-refractivity contribution >= 4 is 65.3 Å². The maximum absolute atomic E-state index is 3.83. The van der Waals surface area contributed by atoms with E-state index >= 15 is 0 Å². The highest BCUT2D eigenvalue weighted by molar-refractivity contribution is 9.10. The average molecular weight is 605 g/mol. The van der Waals surface area contributed by atoms with E-state index in [0.29, 0.717) is 0 Å². The fourth-order valence-electron chi connectivity index (χ4n) is 8.10. The molecule has 42 heavy (non-hydrogen) atoms. The third kappa shape index (κ3) is 2.93. The van der Waals surface area contributed by atoms with E-state index in [9.17, 15) is 0 Å². The van der Waals surface area contributed by atoms with Gasteiger partial charge in [-0.3, -0.25) is 0 Å². The summed E-state index contributed by atoms with van der Waals surface area (Å²) < 4.78 is 1.14. The van der Waals surface area contributed by atoms with Gasteiger partial charge in [-0.05, 0) is 90.6 Å². The van der Waals surface area contributed by atoms with Crippen LogP contribution in [0.3, 0.4) is 0 Å². The van der Waals surface area contributed by atoms with E-state index in [0.717, 1.165) is 4.47 Å². The first kappa shape index (κ1) is 24.5. The van der Waals surface area contributed by atoms with Gasteiger partial charge in [0, 0.05) is 20.7 Å². The van der Waals surface area contributed by atoms with E-state index in [-0.39, 0.29) is 10.8 Å². The predicted octanol–water partition coefficient (Wildman–Crippen LogP) is 11.8. The SMILES string of the molecule is CC1(C)c2ccccc2-c2cc3c(cc21)N(c1ccc2ccc4c(Br)ccc5ccc1c2c54)c1ccccc1C3(C)C. The van der Waals surface area contributed by atoms with E-state index in [1.165, 1.54) is 82.8 Å². The second-order valence-electron chi connectivity index (χ2n) is 13.1. The van der Waals surface area contributed by atoms with Crippen LogP contribution in [0.15, 0.2) is 114 Å². The molecule has 0 spiro atoms. The van der Waals surface area contributed by atoms with Gasteiger partial charge in [0.25, 0.3) is 0 Å². The number of benzene rings is 7. The normalized spacial score (nSPS) is 16.1. The molecule has 9 rings (SSSR count). The van der Waals surface area contributed by atoms with Gasteiger partial charge in [0.1, 0.15) is 0 Å². The Hall–Kier alpha value is -4.14. The molecule has 0 atom stereocenters. The molecular formula is C40H30BrN. The van der Waals surface area contributed by atoms with Crippen molar-refractivity contribution in [2.24, 2.45) is 0 Å². The second kappa shape index (κ2) is 8.02. The van der Waals surface area contributed by atoms with Crippen LogP contribution in [0, 0.1) is 0 Å². The molecule has 7 aromatic rings. The lowest BCUT2D eigenvalue weighted by molar-refractivity contribution is 0.627. The molecule has 1 aliphatic carbocycles. The second-order valence-corrected chi connectivity index (χ2v) is 14.0. The highest BCUT2D eigenvalue weighted by Gasteiger charge is 2.42. The van der Waals surface area contributed by atoms with Crippen LogP contribution in [0.1, 0.15) is 49.9 Å². The Labute approximate surface area is 254 Å². The number of fused-ring (bicyclic) bond motifs is 5. The summed E-state index contributed by atoms with van der Waals surface area (Å²) in [6.07, 6.45) is 0. The van der Waals surface area contributed by atoms with E-state index in [1.54, 1.807) is 0 Å². The van der Waals surface area contributed by atoms with E-state index in [4.69, 9.17) is 0 Å². The molecule has 0 amide bonds. The van der Waals surface area contributed by atoms with Crippen LogP contribution < -0.4 is 4.90 Å². The molecule has 0 saturated carbocycles. The third-order valence-electron chi connectivity index (χ3n) is 10.3. The van der Waals surface area contributed by atoms with Crippen molar-refractivity contribution in [3.8, 4) is 11.1 Å². The monoisotopic (exact) mass is 603 g/mol. The summed E-state index contributed by atoms with van der Waals surface area (Å²) in [4.78, 5) is 2.55. The van der Waals surface area contributed by atoms with E-state index < -0.39 is 0 Å². The molecule has 0 fully saturated rings. The summed E-state index contributed by atoms with van der Waals surface area (Å²) in [6, 6.07) is 41.2. The lowest BCUT2D eigenvalue weighted by atomic mass is 9.71. The van der Waals surface area contributed by atoms with Crippen LogP contribution in [0.5, 0.6) is 0 Å². The molecule has 202 valence electrons. The van der Waals surface area contributed by atoms with Gasteiger partial charge in [0.15, 0.2) is 0 Å². The molecule has 0 saturated heterocycles. The molecule has 2 aliphatic rings. The van der Waals surface area contributed by atoms with Crippen molar-refractivity contribution in [1.29, 1.82) is 0 Å². The molecule has 1 aliphatic heterocycles. The maximum Gasteiger partial charge on any atom is 0.0540 e. The molecule has 1 nitrogen and oxygen atoms in total. The molecule has 0 radical (unpaired) electrons. The summed E-state index contributed by atoms with van der Waals surface area (Å²) in [5.41, 5.74) is 11.9.